The molecule has 0 bridgehead atoms. The van der Waals surface area contributed by atoms with E-state index in [0.29, 0.717) is 10.7 Å². The summed E-state index contributed by atoms with van der Waals surface area (Å²) in [5, 5.41) is 0. The molecule has 5 heteroatoms. The van der Waals surface area contributed by atoms with Crippen LogP contribution in [-0.2, 0) is 0 Å². The fraction of sp³-hybridized carbons (Fsp3) is 0.538. The van der Waals surface area contributed by atoms with Crippen molar-refractivity contribution in [3.05, 3.63) is 24.0 Å². The van der Waals surface area contributed by atoms with Gasteiger partial charge >= 0.3 is 0 Å². The first-order valence-electron chi connectivity index (χ1n) is 6.49. The molecule has 4 nitrogen and oxygen atoms in total. The van der Waals surface area contributed by atoms with Gasteiger partial charge in [-0.15, -0.1) is 0 Å². The van der Waals surface area contributed by atoms with E-state index in [4.69, 9.17) is 18.0 Å². The number of fused-ring (bicyclic) bond motifs is 1. The molecule has 3 rings (SSSR count). The average Bonchev–Trinajstić information content (AvgIpc) is 2.86. The SMILES string of the molecule is NC(=S)c1ccc(N2CCN3CCCC3C2)cn1. The minimum Gasteiger partial charge on any atom is -0.388 e. The molecule has 3 heterocycles. The molecule has 1 unspecified atom stereocenters. The van der Waals surface area contributed by atoms with Crippen LogP contribution in [0.2, 0.25) is 0 Å². The molecule has 0 amide bonds. The molecule has 18 heavy (non-hydrogen) atoms. The zero-order valence-electron chi connectivity index (χ0n) is 10.4. The van der Waals surface area contributed by atoms with Crippen molar-refractivity contribution < 1.29 is 0 Å². The van der Waals surface area contributed by atoms with Crippen molar-refractivity contribution >= 4 is 22.9 Å². The molecular weight excluding hydrogens is 244 g/mol. The highest BCUT2D eigenvalue weighted by Crippen LogP contribution is 2.24. The molecule has 0 spiro atoms. The summed E-state index contributed by atoms with van der Waals surface area (Å²) in [4.78, 5) is 9.70. The van der Waals surface area contributed by atoms with E-state index in [1.54, 1.807) is 0 Å². The second-order valence-electron chi connectivity index (χ2n) is 5.04. The van der Waals surface area contributed by atoms with Crippen LogP contribution in [0.3, 0.4) is 0 Å². The molecule has 1 aromatic heterocycles. The van der Waals surface area contributed by atoms with Crippen molar-refractivity contribution in [1.82, 2.24) is 9.88 Å². The first kappa shape index (κ1) is 11.9. The average molecular weight is 262 g/mol. The van der Waals surface area contributed by atoms with E-state index < -0.39 is 0 Å². The molecule has 0 radical (unpaired) electrons. The molecule has 96 valence electrons. The Morgan fingerprint density at radius 1 is 1.33 bits per heavy atom. The number of nitrogens with zero attached hydrogens (tertiary/aromatic N) is 3. The van der Waals surface area contributed by atoms with Crippen LogP contribution in [0.4, 0.5) is 5.69 Å². The molecule has 2 aliphatic rings. The number of piperazine rings is 1. The summed E-state index contributed by atoms with van der Waals surface area (Å²) in [6.45, 7) is 4.65. The summed E-state index contributed by atoms with van der Waals surface area (Å²) in [6, 6.07) is 4.72. The Balaban J connectivity index is 1.73. The lowest BCUT2D eigenvalue weighted by Gasteiger charge is -2.38. The third-order valence-electron chi connectivity index (χ3n) is 3.95. The third-order valence-corrected chi connectivity index (χ3v) is 4.16. The highest BCUT2D eigenvalue weighted by Gasteiger charge is 2.30. The Labute approximate surface area is 113 Å². The minimum absolute atomic E-state index is 0.363. The van der Waals surface area contributed by atoms with Gasteiger partial charge in [0.2, 0.25) is 0 Å². The maximum absolute atomic E-state index is 5.56. The third kappa shape index (κ3) is 2.20. The van der Waals surface area contributed by atoms with E-state index >= 15 is 0 Å². The highest BCUT2D eigenvalue weighted by atomic mass is 32.1. The van der Waals surface area contributed by atoms with Gasteiger partial charge in [-0.2, -0.15) is 0 Å². The van der Waals surface area contributed by atoms with E-state index in [9.17, 15) is 0 Å². The number of thiocarbonyl (C=S) groups is 1. The summed E-state index contributed by atoms with van der Waals surface area (Å²) < 4.78 is 0. The lowest BCUT2D eigenvalue weighted by Crippen LogP contribution is -2.50. The van der Waals surface area contributed by atoms with Crippen LogP contribution in [0.1, 0.15) is 18.5 Å². The quantitative estimate of drug-likeness (QED) is 0.806. The van der Waals surface area contributed by atoms with Crippen LogP contribution >= 0.6 is 12.2 Å². The monoisotopic (exact) mass is 262 g/mol. The lowest BCUT2D eigenvalue weighted by atomic mass is 10.1. The maximum atomic E-state index is 5.56. The molecule has 1 aromatic rings. The number of anilines is 1. The maximum Gasteiger partial charge on any atom is 0.122 e. The number of pyridine rings is 1. The van der Waals surface area contributed by atoms with Gasteiger partial charge in [-0.05, 0) is 31.5 Å². The Morgan fingerprint density at radius 2 is 2.22 bits per heavy atom. The molecular formula is C13H18N4S. The van der Waals surface area contributed by atoms with Crippen LogP contribution in [0.15, 0.2) is 18.3 Å². The lowest BCUT2D eigenvalue weighted by molar-refractivity contribution is 0.231. The fourth-order valence-electron chi connectivity index (χ4n) is 2.94. The zero-order valence-corrected chi connectivity index (χ0v) is 11.2. The fourth-order valence-corrected chi connectivity index (χ4v) is 3.07. The van der Waals surface area contributed by atoms with Gasteiger partial charge < -0.3 is 10.6 Å². The molecule has 2 fully saturated rings. The van der Waals surface area contributed by atoms with E-state index in [0.717, 1.165) is 19.1 Å². The first-order valence-corrected chi connectivity index (χ1v) is 6.90. The Morgan fingerprint density at radius 3 is 2.94 bits per heavy atom. The van der Waals surface area contributed by atoms with E-state index in [-0.39, 0.29) is 0 Å². The second-order valence-corrected chi connectivity index (χ2v) is 5.48. The van der Waals surface area contributed by atoms with Crippen molar-refractivity contribution in [3.63, 3.8) is 0 Å². The van der Waals surface area contributed by atoms with Gasteiger partial charge in [0.1, 0.15) is 4.99 Å². The zero-order chi connectivity index (χ0) is 12.5. The topological polar surface area (TPSA) is 45.4 Å². The number of aromatic nitrogens is 1. The van der Waals surface area contributed by atoms with Gasteiger partial charge in [-0.25, -0.2) is 0 Å². The summed E-state index contributed by atoms with van der Waals surface area (Å²) in [7, 11) is 0. The van der Waals surface area contributed by atoms with Crippen molar-refractivity contribution in [3.8, 4) is 0 Å². The van der Waals surface area contributed by atoms with Crippen molar-refractivity contribution in [2.24, 2.45) is 5.73 Å². The highest BCUT2D eigenvalue weighted by molar-refractivity contribution is 7.80. The molecule has 2 saturated heterocycles. The number of rotatable bonds is 2. The first-order chi connectivity index (χ1) is 8.74. The summed E-state index contributed by atoms with van der Waals surface area (Å²) in [6.07, 6.45) is 4.56. The van der Waals surface area contributed by atoms with Crippen LogP contribution in [0.25, 0.3) is 0 Å². The van der Waals surface area contributed by atoms with Crippen molar-refractivity contribution in [1.29, 1.82) is 0 Å². The Kier molecular flexibility index (Phi) is 3.18. The number of hydrogen-bond donors (Lipinski definition) is 1. The van der Waals surface area contributed by atoms with Gasteiger partial charge in [0.05, 0.1) is 17.6 Å². The van der Waals surface area contributed by atoms with Crippen LogP contribution in [-0.4, -0.2) is 47.1 Å². The van der Waals surface area contributed by atoms with Crippen LogP contribution < -0.4 is 10.6 Å². The number of hydrogen-bond acceptors (Lipinski definition) is 4. The molecule has 2 aliphatic heterocycles. The Hall–Kier alpha value is -1.20. The smallest absolute Gasteiger partial charge is 0.122 e. The molecule has 0 saturated carbocycles. The molecule has 2 N–H and O–H groups in total. The van der Waals surface area contributed by atoms with Gasteiger partial charge in [-0.1, -0.05) is 12.2 Å². The normalized spacial score (nSPS) is 24.0. The molecule has 0 aromatic carbocycles. The van der Waals surface area contributed by atoms with Crippen molar-refractivity contribution in [2.45, 2.75) is 18.9 Å². The van der Waals surface area contributed by atoms with Crippen molar-refractivity contribution in [2.75, 3.05) is 31.1 Å². The summed E-state index contributed by atoms with van der Waals surface area (Å²) >= 11 is 4.92. The van der Waals surface area contributed by atoms with Crippen LogP contribution in [0, 0.1) is 0 Å². The standard InChI is InChI=1S/C13H18N4S/c14-13(18)12-4-3-10(8-15-12)17-7-6-16-5-1-2-11(16)9-17/h3-4,8,11H,1-2,5-7,9H2,(H2,14,18). The van der Waals surface area contributed by atoms with E-state index in [1.807, 2.05) is 12.3 Å². The summed E-state index contributed by atoms with van der Waals surface area (Å²) in [5.74, 6) is 0. The second kappa shape index (κ2) is 4.82. The van der Waals surface area contributed by atoms with Gasteiger partial charge in [0.25, 0.3) is 0 Å². The largest absolute Gasteiger partial charge is 0.388 e. The Bertz CT molecular complexity index is 445. The summed E-state index contributed by atoms with van der Waals surface area (Å²) in [5.41, 5.74) is 7.45. The van der Waals surface area contributed by atoms with Gasteiger partial charge in [0.15, 0.2) is 0 Å². The predicted molar refractivity (Wildman–Crippen MR) is 76.9 cm³/mol. The molecule has 0 aliphatic carbocycles. The minimum atomic E-state index is 0.363. The van der Waals surface area contributed by atoms with Crippen LogP contribution in [0.5, 0.6) is 0 Å². The van der Waals surface area contributed by atoms with Gasteiger partial charge in [-0.3, -0.25) is 9.88 Å². The number of nitrogens with two attached hydrogens (primary N) is 1. The van der Waals surface area contributed by atoms with E-state index in [2.05, 4.69) is 20.9 Å². The van der Waals surface area contributed by atoms with Gasteiger partial charge in [0, 0.05) is 25.7 Å². The molecule has 1 atom stereocenters. The van der Waals surface area contributed by atoms with E-state index in [1.165, 1.54) is 31.6 Å². The predicted octanol–water partition coefficient (Wildman–Crippen LogP) is 1.00.